The van der Waals surface area contributed by atoms with E-state index in [1.54, 1.807) is 0 Å². The van der Waals surface area contributed by atoms with Gasteiger partial charge in [-0.25, -0.2) is 0 Å². The van der Waals surface area contributed by atoms with E-state index in [-0.39, 0.29) is 0 Å². The van der Waals surface area contributed by atoms with Crippen LogP contribution in [0.1, 0.15) is 40.3 Å². The SMILES string of the molecule is C#Cc1ccc2c(c1C#CC)-c1c(ccc3c1Cc1ccccc1-3)C2. The quantitative estimate of drug-likeness (QED) is 0.345. The van der Waals surface area contributed by atoms with Crippen molar-refractivity contribution in [2.45, 2.75) is 19.8 Å². The molecule has 0 aromatic heterocycles. The van der Waals surface area contributed by atoms with Crippen molar-refractivity contribution in [3.8, 4) is 46.4 Å². The Morgan fingerprint density at radius 1 is 0.800 bits per heavy atom. The van der Waals surface area contributed by atoms with Gasteiger partial charge in [-0.3, -0.25) is 0 Å². The van der Waals surface area contributed by atoms with Crippen molar-refractivity contribution >= 4 is 0 Å². The van der Waals surface area contributed by atoms with E-state index in [9.17, 15) is 0 Å². The summed E-state index contributed by atoms with van der Waals surface area (Å²) in [5.74, 6) is 9.17. The van der Waals surface area contributed by atoms with Gasteiger partial charge >= 0.3 is 0 Å². The summed E-state index contributed by atoms with van der Waals surface area (Å²) >= 11 is 0. The van der Waals surface area contributed by atoms with E-state index in [1.165, 1.54) is 44.5 Å². The van der Waals surface area contributed by atoms with E-state index >= 15 is 0 Å². The fourth-order valence-electron chi connectivity index (χ4n) is 4.38. The molecular formula is C25H16. The van der Waals surface area contributed by atoms with Gasteiger partial charge in [-0.1, -0.05) is 54.3 Å². The molecule has 2 aliphatic carbocycles. The van der Waals surface area contributed by atoms with E-state index in [4.69, 9.17) is 6.42 Å². The van der Waals surface area contributed by atoms with Gasteiger partial charge in [0.15, 0.2) is 0 Å². The molecule has 116 valence electrons. The molecule has 0 N–H and O–H groups in total. The standard InChI is InChI=1S/C25H16/c1-3-7-21-16(4-2)10-11-18-14-19-12-13-22-20-9-6-5-8-17(20)15-23(22)25(19)24(18)21/h2,5-6,8-13H,14-15H2,1H3. The van der Waals surface area contributed by atoms with Gasteiger partial charge in [-0.15, -0.1) is 12.3 Å². The number of rotatable bonds is 0. The Morgan fingerprint density at radius 3 is 2.44 bits per heavy atom. The van der Waals surface area contributed by atoms with Gasteiger partial charge < -0.3 is 0 Å². The number of benzene rings is 3. The summed E-state index contributed by atoms with van der Waals surface area (Å²) in [4.78, 5) is 0. The molecular weight excluding hydrogens is 300 g/mol. The Balaban J connectivity index is 1.85. The van der Waals surface area contributed by atoms with Crippen molar-refractivity contribution in [3.63, 3.8) is 0 Å². The lowest BCUT2D eigenvalue weighted by Gasteiger charge is -2.12. The average Bonchev–Trinajstić information content (AvgIpc) is 3.20. The van der Waals surface area contributed by atoms with E-state index in [1.807, 2.05) is 13.0 Å². The molecule has 0 saturated carbocycles. The fourth-order valence-corrected chi connectivity index (χ4v) is 4.38. The first-order valence-electron chi connectivity index (χ1n) is 8.60. The van der Waals surface area contributed by atoms with Crippen molar-refractivity contribution in [3.05, 3.63) is 81.9 Å². The summed E-state index contributed by atoms with van der Waals surface area (Å²) < 4.78 is 0. The molecule has 0 heterocycles. The Labute approximate surface area is 148 Å². The minimum atomic E-state index is 0.897. The summed E-state index contributed by atoms with van der Waals surface area (Å²) in [6.45, 7) is 1.88. The van der Waals surface area contributed by atoms with E-state index in [2.05, 4.69) is 60.2 Å². The van der Waals surface area contributed by atoms with E-state index in [0.29, 0.717) is 0 Å². The van der Waals surface area contributed by atoms with Gasteiger partial charge in [0.2, 0.25) is 0 Å². The average molecular weight is 316 g/mol. The maximum absolute atomic E-state index is 5.76. The van der Waals surface area contributed by atoms with E-state index < -0.39 is 0 Å². The fraction of sp³-hybridized carbons (Fsp3) is 0.120. The molecule has 0 aliphatic heterocycles. The monoisotopic (exact) mass is 316 g/mol. The minimum absolute atomic E-state index is 0.897. The first-order valence-corrected chi connectivity index (χ1v) is 8.60. The maximum Gasteiger partial charge on any atom is 0.0483 e. The van der Waals surface area contributed by atoms with Crippen molar-refractivity contribution in [2.24, 2.45) is 0 Å². The topological polar surface area (TPSA) is 0 Å². The zero-order valence-corrected chi connectivity index (χ0v) is 14.1. The van der Waals surface area contributed by atoms with Crippen LogP contribution in [-0.2, 0) is 12.8 Å². The predicted molar refractivity (Wildman–Crippen MR) is 103 cm³/mol. The molecule has 25 heavy (non-hydrogen) atoms. The molecule has 3 aromatic rings. The Bertz CT molecular complexity index is 1160. The molecule has 0 spiro atoms. The second-order valence-electron chi connectivity index (χ2n) is 6.68. The summed E-state index contributed by atoms with van der Waals surface area (Å²) in [5.41, 5.74) is 12.9. The summed E-state index contributed by atoms with van der Waals surface area (Å²) in [5, 5.41) is 0. The molecule has 0 atom stereocenters. The van der Waals surface area contributed by atoms with Crippen molar-refractivity contribution in [2.75, 3.05) is 0 Å². The van der Waals surface area contributed by atoms with Crippen LogP contribution >= 0.6 is 0 Å². The predicted octanol–water partition coefficient (Wildman–Crippen LogP) is 5.18. The molecule has 3 aromatic carbocycles. The number of hydrogen-bond donors (Lipinski definition) is 0. The lowest BCUT2D eigenvalue weighted by Crippen LogP contribution is -1.94. The summed E-state index contributed by atoms with van der Waals surface area (Å²) in [7, 11) is 0. The van der Waals surface area contributed by atoms with E-state index in [0.717, 1.165) is 24.0 Å². The molecule has 0 heteroatoms. The Kier molecular flexibility index (Phi) is 2.91. The number of terminal acetylenes is 1. The molecule has 0 amide bonds. The molecule has 0 radical (unpaired) electrons. The van der Waals surface area contributed by atoms with Gasteiger partial charge in [0.1, 0.15) is 0 Å². The van der Waals surface area contributed by atoms with Crippen LogP contribution in [0, 0.1) is 24.2 Å². The van der Waals surface area contributed by atoms with Crippen LogP contribution in [0.2, 0.25) is 0 Å². The second kappa shape index (κ2) is 5.14. The highest BCUT2D eigenvalue weighted by Crippen LogP contribution is 2.48. The number of hydrogen-bond acceptors (Lipinski definition) is 0. The normalized spacial score (nSPS) is 12.3. The number of fused-ring (bicyclic) bond motifs is 7. The van der Waals surface area contributed by atoms with Gasteiger partial charge in [-0.05, 0) is 64.8 Å². The maximum atomic E-state index is 5.76. The van der Waals surface area contributed by atoms with Gasteiger partial charge in [0.25, 0.3) is 0 Å². The molecule has 5 rings (SSSR count). The lowest BCUT2D eigenvalue weighted by atomic mass is 9.90. The third-order valence-electron chi connectivity index (χ3n) is 5.40. The minimum Gasteiger partial charge on any atom is -0.115 e. The smallest absolute Gasteiger partial charge is 0.0483 e. The molecule has 0 bridgehead atoms. The lowest BCUT2D eigenvalue weighted by molar-refractivity contribution is 1.23. The van der Waals surface area contributed by atoms with Crippen LogP contribution < -0.4 is 0 Å². The van der Waals surface area contributed by atoms with Crippen LogP contribution in [0.3, 0.4) is 0 Å². The largest absolute Gasteiger partial charge is 0.115 e. The van der Waals surface area contributed by atoms with Crippen LogP contribution in [-0.4, -0.2) is 0 Å². The molecule has 2 aliphatic rings. The molecule has 0 fully saturated rings. The highest BCUT2D eigenvalue weighted by molar-refractivity contribution is 5.92. The van der Waals surface area contributed by atoms with Crippen molar-refractivity contribution in [1.82, 2.24) is 0 Å². The first kappa shape index (κ1) is 14.2. The molecule has 0 nitrogen and oxygen atoms in total. The van der Waals surface area contributed by atoms with Crippen molar-refractivity contribution in [1.29, 1.82) is 0 Å². The van der Waals surface area contributed by atoms with Gasteiger partial charge in [0.05, 0.1) is 0 Å². The van der Waals surface area contributed by atoms with Crippen LogP contribution in [0.4, 0.5) is 0 Å². The van der Waals surface area contributed by atoms with Gasteiger partial charge in [-0.2, -0.15) is 0 Å². The Hall–Kier alpha value is -3.22. The third kappa shape index (κ3) is 1.86. The molecule has 0 unspecified atom stereocenters. The second-order valence-corrected chi connectivity index (χ2v) is 6.68. The zero-order chi connectivity index (χ0) is 17.0. The van der Waals surface area contributed by atoms with Crippen LogP contribution in [0.15, 0.2) is 48.5 Å². The van der Waals surface area contributed by atoms with Crippen LogP contribution in [0.25, 0.3) is 22.3 Å². The highest BCUT2D eigenvalue weighted by Gasteiger charge is 2.30. The highest BCUT2D eigenvalue weighted by atomic mass is 14.3. The third-order valence-corrected chi connectivity index (χ3v) is 5.40. The van der Waals surface area contributed by atoms with Crippen molar-refractivity contribution < 1.29 is 0 Å². The van der Waals surface area contributed by atoms with Gasteiger partial charge in [0, 0.05) is 16.7 Å². The Morgan fingerprint density at radius 2 is 1.60 bits per heavy atom. The van der Waals surface area contributed by atoms with Crippen LogP contribution in [0.5, 0.6) is 0 Å². The summed E-state index contributed by atoms with van der Waals surface area (Å²) in [6, 6.07) is 17.5. The molecule has 0 saturated heterocycles. The first-order chi connectivity index (χ1) is 12.3. The zero-order valence-electron chi connectivity index (χ0n) is 14.1. The summed E-state index contributed by atoms with van der Waals surface area (Å²) in [6.07, 6.45) is 7.72.